The fraction of sp³-hybridized carbons (Fsp3) is 0.783. The molecule has 0 spiro atoms. The Morgan fingerprint density at radius 3 is 1.36 bits per heavy atom. The van der Waals surface area contributed by atoms with Crippen LogP contribution in [0.5, 0.6) is 0 Å². The van der Waals surface area contributed by atoms with Crippen molar-refractivity contribution in [3.8, 4) is 0 Å². The Kier molecular flexibility index (Phi) is 20.1. The quantitative estimate of drug-likeness (QED) is 0.190. The van der Waals surface area contributed by atoms with Gasteiger partial charge in [-0.3, -0.25) is 4.79 Å². The average Bonchev–Trinajstić information content (AvgIpc) is 2.60. The van der Waals surface area contributed by atoms with E-state index in [-0.39, 0.29) is 0 Å². The standard InChI is InChI=1S/C23H42O2/c1-2-3-4-5-6-7-8-9-10-11-12-13-14-15-16-17-18-19-20-21-22-23(24)25/h3-4,14-15H,2,5-13,16-22H2,1H3,(H,24,25)/b4-3-,15-14-. The van der Waals surface area contributed by atoms with Crippen molar-refractivity contribution in [2.45, 2.75) is 116 Å². The van der Waals surface area contributed by atoms with E-state index in [4.69, 9.17) is 5.11 Å². The van der Waals surface area contributed by atoms with Crippen molar-refractivity contribution in [1.82, 2.24) is 0 Å². The van der Waals surface area contributed by atoms with E-state index in [1.807, 2.05) is 0 Å². The maximum Gasteiger partial charge on any atom is 0.303 e. The highest BCUT2D eigenvalue weighted by atomic mass is 16.4. The zero-order valence-corrected chi connectivity index (χ0v) is 16.7. The summed E-state index contributed by atoms with van der Waals surface area (Å²) in [5.41, 5.74) is 0. The van der Waals surface area contributed by atoms with Gasteiger partial charge in [0.25, 0.3) is 0 Å². The molecule has 0 heterocycles. The summed E-state index contributed by atoms with van der Waals surface area (Å²) in [7, 11) is 0. The van der Waals surface area contributed by atoms with Crippen LogP contribution in [0, 0.1) is 0 Å². The number of aliphatic carboxylic acids is 1. The lowest BCUT2D eigenvalue weighted by Gasteiger charge is -2.00. The molecule has 0 amide bonds. The Morgan fingerprint density at radius 1 is 0.600 bits per heavy atom. The molecule has 2 heteroatoms. The first-order valence-corrected chi connectivity index (χ1v) is 10.8. The van der Waals surface area contributed by atoms with Crippen molar-refractivity contribution in [3.05, 3.63) is 24.3 Å². The van der Waals surface area contributed by atoms with E-state index in [2.05, 4.69) is 31.2 Å². The highest BCUT2D eigenvalue weighted by Crippen LogP contribution is 2.11. The first-order chi connectivity index (χ1) is 12.3. The largest absolute Gasteiger partial charge is 0.481 e. The number of rotatable bonds is 19. The van der Waals surface area contributed by atoms with Crippen LogP contribution in [0.3, 0.4) is 0 Å². The smallest absolute Gasteiger partial charge is 0.303 e. The molecule has 0 aliphatic carbocycles. The predicted octanol–water partition coefficient (Wildman–Crippen LogP) is 7.84. The lowest BCUT2D eigenvalue weighted by molar-refractivity contribution is -0.137. The van der Waals surface area contributed by atoms with Crippen LogP contribution in [0.2, 0.25) is 0 Å². The molecule has 0 unspecified atom stereocenters. The minimum atomic E-state index is -0.664. The second-order valence-corrected chi connectivity index (χ2v) is 7.10. The Morgan fingerprint density at radius 2 is 0.960 bits per heavy atom. The van der Waals surface area contributed by atoms with Gasteiger partial charge in [0, 0.05) is 6.42 Å². The Bertz CT molecular complexity index is 331. The molecule has 0 bridgehead atoms. The van der Waals surface area contributed by atoms with Gasteiger partial charge in [-0.05, 0) is 51.4 Å². The number of allylic oxidation sites excluding steroid dienone is 4. The maximum absolute atomic E-state index is 10.4. The van der Waals surface area contributed by atoms with E-state index in [9.17, 15) is 4.79 Å². The summed E-state index contributed by atoms with van der Waals surface area (Å²) in [5.74, 6) is -0.664. The monoisotopic (exact) mass is 350 g/mol. The summed E-state index contributed by atoms with van der Waals surface area (Å²) in [4.78, 5) is 10.4. The molecule has 0 fully saturated rings. The number of carboxylic acid groups (broad SMARTS) is 1. The van der Waals surface area contributed by atoms with Crippen molar-refractivity contribution in [2.24, 2.45) is 0 Å². The molecule has 2 nitrogen and oxygen atoms in total. The Balaban J connectivity index is 3.11. The van der Waals surface area contributed by atoms with Gasteiger partial charge in [-0.1, -0.05) is 82.6 Å². The summed E-state index contributed by atoms with van der Waals surface area (Å²) < 4.78 is 0. The van der Waals surface area contributed by atoms with Crippen molar-refractivity contribution in [3.63, 3.8) is 0 Å². The molecule has 0 aliphatic rings. The fourth-order valence-electron chi connectivity index (χ4n) is 3.00. The van der Waals surface area contributed by atoms with Crippen molar-refractivity contribution < 1.29 is 9.90 Å². The highest BCUT2D eigenvalue weighted by Gasteiger charge is 1.96. The van der Waals surface area contributed by atoms with Crippen LogP contribution in [0.1, 0.15) is 116 Å². The molecule has 1 N–H and O–H groups in total. The zero-order chi connectivity index (χ0) is 18.4. The van der Waals surface area contributed by atoms with Crippen molar-refractivity contribution >= 4 is 5.97 Å². The summed E-state index contributed by atoms with van der Waals surface area (Å²) >= 11 is 0. The first-order valence-electron chi connectivity index (χ1n) is 10.8. The zero-order valence-electron chi connectivity index (χ0n) is 16.7. The minimum Gasteiger partial charge on any atom is -0.481 e. The molecule has 0 aromatic carbocycles. The Labute approximate surface area is 156 Å². The van der Waals surface area contributed by atoms with E-state index >= 15 is 0 Å². The second-order valence-electron chi connectivity index (χ2n) is 7.10. The molecule has 25 heavy (non-hydrogen) atoms. The third-order valence-corrected chi connectivity index (χ3v) is 4.57. The van der Waals surface area contributed by atoms with Crippen LogP contribution in [-0.4, -0.2) is 11.1 Å². The summed E-state index contributed by atoms with van der Waals surface area (Å²) in [5, 5.41) is 8.55. The maximum atomic E-state index is 10.4. The third kappa shape index (κ3) is 22.9. The van der Waals surface area contributed by atoms with Crippen LogP contribution in [-0.2, 0) is 4.79 Å². The highest BCUT2D eigenvalue weighted by molar-refractivity contribution is 5.66. The van der Waals surface area contributed by atoms with Gasteiger partial charge in [0.1, 0.15) is 0 Å². The van der Waals surface area contributed by atoms with E-state index < -0.39 is 5.97 Å². The number of hydrogen-bond donors (Lipinski definition) is 1. The molecule has 0 saturated carbocycles. The van der Waals surface area contributed by atoms with Gasteiger partial charge in [0.2, 0.25) is 0 Å². The molecule has 0 radical (unpaired) electrons. The summed E-state index contributed by atoms with van der Waals surface area (Å²) in [6.07, 6.45) is 29.7. The van der Waals surface area contributed by atoms with Crippen LogP contribution < -0.4 is 0 Å². The van der Waals surface area contributed by atoms with Gasteiger partial charge >= 0.3 is 5.97 Å². The van der Waals surface area contributed by atoms with E-state index in [0.717, 1.165) is 12.8 Å². The summed E-state index contributed by atoms with van der Waals surface area (Å²) in [6.45, 7) is 2.19. The second kappa shape index (κ2) is 21.0. The molecule has 0 rings (SSSR count). The van der Waals surface area contributed by atoms with Crippen LogP contribution in [0.25, 0.3) is 0 Å². The SMILES string of the molecule is CC/C=C\CCCCCCCCC/C=C\CCCCCCCC(=O)O. The van der Waals surface area contributed by atoms with Gasteiger partial charge in [0.15, 0.2) is 0 Å². The summed E-state index contributed by atoms with van der Waals surface area (Å²) in [6, 6.07) is 0. The molecular formula is C23H42O2. The van der Waals surface area contributed by atoms with E-state index in [0.29, 0.717) is 6.42 Å². The molecule has 0 aromatic rings. The van der Waals surface area contributed by atoms with Gasteiger partial charge < -0.3 is 5.11 Å². The normalized spacial score (nSPS) is 11.7. The lowest BCUT2D eigenvalue weighted by atomic mass is 10.1. The average molecular weight is 351 g/mol. The number of hydrogen-bond acceptors (Lipinski definition) is 1. The van der Waals surface area contributed by atoms with E-state index in [1.165, 1.54) is 89.9 Å². The predicted molar refractivity (Wildman–Crippen MR) is 110 cm³/mol. The number of unbranched alkanes of at least 4 members (excludes halogenated alkanes) is 13. The first kappa shape index (κ1) is 23.9. The fourth-order valence-corrected chi connectivity index (χ4v) is 3.00. The minimum absolute atomic E-state index is 0.330. The van der Waals surface area contributed by atoms with Gasteiger partial charge in [-0.25, -0.2) is 0 Å². The van der Waals surface area contributed by atoms with Gasteiger partial charge in [-0.2, -0.15) is 0 Å². The van der Waals surface area contributed by atoms with Gasteiger partial charge in [0.05, 0.1) is 0 Å². The molecule has 0 saturated heterocycles. The third-order valence-electron chi connectivity index (χ3n) is 4.57. The molecule has 146 valence electrons. The number of carbonyl (C=O) groups is 1. The molecule has 0 aliphatic heterocycles. The van der Waals surface area contributed by atoms with Crippen molar-refractivity contribution in [2.75, 3.05) is 0 Å². The molecule has 0 aromatic heterocycles. The van der Waals surface area contributed by atoms with Crippen LogP contribution in [0.15, 0.2) is 24.3 Å². The lowest BCUT2D eigenvalue weighted by Crippen LogP contribution is -1.93. The van der Waals surface area contributed by atoms with Crippen molar-refractivity contribution in [1.29, 1.82) is 0 Å². The molecule has 0 atom stereocenters. The van der Waals surface area contributed by atoms with Gasteiger partial charge in [-0.15, -0.1) is 0 Å². The van der Waals surface area contributed by atoms with Crippen LogP contribution >= 0.6 is 0 Å². The topological polar surface area (TPSA) is 37.3 Å². The van der Waals surface area contributed by atoms with Crippen LogP contribution in [0.4, 0.5) is 0 Å². The Hall–Kier alpha value is -1.05. The number of carboxylic acids is 1. The van der Waals surface area contributed by atoms with E-state index in [1.54, 1.807) is 0 Å². The molecular weight excluding hydrogens is 308 g/mol.